The average Bonchev–Trinajstić information content (AvgIpc) is 2.27. The van der Waals surface area contributed by atoms with Crippen molar-refractivity contribution in [3.8, 4) is 0 Å². The maximum atomic E-state index is 11.0. The molecule has 0 spiro atoms. The molecule has 0 saturated heterocycles. The lowest BCUT2D eigenvalue weighted by Gasteiger charge is -2.24. The number of rotatable bonds is 4. The summed E-state index contributed by atoms with van der Waals surface area (Å²) in [5, 5.41) is 8.99. The fraction of sp³-hybridized carbons (Fsp3) is 0.455. The van der Waals surface area contributed by atoms with Crippen molar-refractivity contribution in [1.82, 2.24) is 4.98 Å². The Morgan fingerprint density at radius 3 is 2.67 bits per heavy atom. The number of ketones is 1. The van der Waals surface area contributed by atoms with Crippen molar-refractivity contribution in [2.75, 3.05) is 18.6 Å². The molecule has 4 nitrogen and oxygen atoms in total. The first-order valence-electron chi connectivity index (χ1n) is 4.87. The van der Waals surface area contributed by atoms with E-state index in [0.29, 0.717) is 5.56 Å². The van der Waals surface area contributed by atoms with Gasteiger partial charge in [-0.2, -0.15) is 0 Å². The Hall–Kier alpha value is -1.42. The maximum absolute atomic E-state index is 11.0. The molecule has 15 heavy (non-hydrogen) atoms. The number of aliphatic hydroxyl groups excluding tert-OH is 1. The van der Waals surface area contributed by atoms with E-state index in [2.05, 4.69) is 4.98 Å². The molecule has 0 aromatic carbocycles. The summed E-state index contributed by atoms with van der Waals surface area (Å²) in [4.78, 5) is 17.1. The van der Waals surface area contributed by atoms with Gasteiger partial charge in [0.15, 0.2) is 5.78 Å². The molecular weight excluding hydrogens is 192 g/mol. The molecule has 1 unspecified atom stereocenters. The van der Waals surface area contributed by atoms with E-state index < -0.39 is 0 Å². The number of carbonyl (C=O) groups excluding carboxylic acids is 1. The van der Waals surface area contributed by atoms with E-state index in [1.165, 1.54) is 6.92 Å². The third kappa shape index (κ3) is 2.76. The number of hydrogen-bond acceptors (Lipinski definition) is 4. The maximum Gasteiger partial charge on any atom is 0.161 e. The molecule has 1 rings (SSSR count). The summed E-state index contributed by atoms with van der Waals surface area (Å²) in [6, 6.07) is 3.54. The SMILES string of the molecule is CC(=O)c1ccc(N(C)C(C)CO)nc1. The van der Waals surface area contributed by atoms with Crippen molar-refractivity contribution in [3.05, 3.63) is 23.9 Å². The lowest BCUT2D eigenvalue weighted by Crippen LogP contribution is -2.32. The number of nitrogens with zero attached hydrogens (tertiary/aromatic N) is 2. The van der Waals surface area contributed by atoms with Crippen molar-refractivity contribution in [2.24, 2.45) is 0 Å². The Kier molecular flexibility index (Phi) is 3.80. The van der Waals surface area contributed by atoms with Crippen LogP contribution in [0.25, 0.3) is 0 Å². The second-order valence-corrected chi connectivity index (χ2v) is 3.60. The number of anilines is 1. The highest BCUT2D eigenvalue weighted by Crippen LogP contribution is 2.12. The minimum atomic E-state index is 0.00640. The van der Waals surface area contributed by atoms with Gasteiger partial charge in [-0.15, -0.1) is 0 Å². The molecule has 1 N–H and O–H groups in total. The highest BCUT2D eigenvalue weighted by atomic mass is 16.3. The van der Waals surface area contributed by atoms with Gasteiger partial charge in [0.05, 0.1) is 12.6 Å². The topological polar surface area (TPSA) is 53.4 Å². The van der Waals surface area contributed by atoms with E-state index in [1.807, 2.05) is 18.9 Å². The second-order valence-electron chi connectivity index (χ2n) is 3.60. The molecule has 0 aliphatic rings. The summed E-state index contributed by atoms with van der Waals surface area (Å²) in [5.74, 6) is 0.758. The molecule has 0 amide bonds. The molecule has 1 heterocycles. The Morgan fingerprint density at radius 2 is 2.27 bits per heavy atom. The normalized spacial score (nSPS) is 12.3. The van der Waals surface area contributed by atoms with Gasteiger partial charge in [0, 0.05) is 18.8 Å². The predicted octanol–water partition coefficient (Wildman–Crippen LogP) is 1.10. The third-order valence-electron chi connectivity index (χ3n) is 2.44. The average molecular weight is 208 g/mol. The summed E-state index contributed by atoms with van der Waals surface area (Å²) >= 11 is 0. The van der Waals surface area contributed by atoms with Gasteiger partial charge in [-0.25, -0.2) is 4.98 Å². The zero-order valence-corrected chi connectivity index (χ0v) is 9.27. The highest BCUT2D eigenvalue weighted by molar-refractivity contribution is 5.93. The first kappa shape index (κ1) is 11.7. The second kappa shape index (κ2) is 4.89. The van der Waals surface area contributed by atoms with Crippen LogP contribution in [-0.4, -0.2) is 35.6 Å². The summed E-state index contributed by atoms with van der Waals surface area (Å²) in [5.41, 5.74) is 0.601. The summed E-state index contributed by atoms with van der Waals surface area (Å²) < 4.78 is 0. The molecule has 0 saturated carbocycles. The fourth-order valence-corrected chi connectivity index (χ4v) is 1.15. The number of aromatic nitrogens is 1. The summed E-state index contributed by atoms with van der Waals surface area (Å²) in [7, 11) is 1.86. The van der Waals surface area contributed by atoms with Crippen molar-refractivity contribution < 1.29 is 9.90 Å². The third-order valence-corrected chi connectivity index (χ3v) is 2.44. The molecular formula is C11H16N2O2. The van der Waals surface area contributed by atoms with Crippen molar-refractivity contribution >= 4 is 11.6 Å². The predicted molar refractivity (Wildman–Crippen MR) is 59.2 cm³/mol. The molecule has 82 valence electrons. The molecule has 4 heteroatoms. The van der Waals surface area contributed by atoms with Gasteiger partial charge in [-0.1, -0.05) is 0 Å². The van der Waals surface area contributed by atoms with Crippen LogP contribution in [0.4, 0.5) is 5.82 Å². The Balaban J connectivity index is 2.84. The van der Waals surface area contributed by atoms with Crippen LogP contribution >= 0.6 is 0 Å². The van der Waals surface area contributed by atoms with Crippen LogP contribution in [0.3, 0.4) is 0 Å². The Morgan fingerprint density at radius 1 is 1.60 bits per heavy atom. The van der Waals surface area contributed by atoms with Crippen LogP contribution in [0.5, 0.6) is 0 Å². The van der Waals surface area contributed by atoms with Crippen LogP contribution in [-0.2, 0) is 0 Å². The quantitative estimate of drug-likeness (QED) is 0.753. The first-order valence-corrected chi connectivity index (χ1v) is 4.87. The van der Waals surface area contributed by atoms with Gasteiger partial charge < -0.3 is 10.0 Å². The van der Waals surface area contributed by atoms with E-state index >= 15 is 0 Å². The fourth-order valence-electron chi connectivity index (χ4n) is 1.15. The van der Waals surface area contributed by atoms with E-state index in [-0.39, 0.29) is 18.4 Å². The summed E-state index contributed by atoms with van der Waals surface area (Å²) in [6.45, 7) is 3.49. The zero-order chi connectivity index (χ0) is 11.4. The van der Waals surface area contributed by atoms with E-state index in [9.17, 15) is 4.79 Å². The van der Waals surface area contributed by atoms with Gasteiger partial charge >= 0.3 is 0 Å². The van der Waals surface area contributed by atoms with E-state index in [1.54, 1.807) is 18.3 Å². The van der Waals surface area contributed by atoms with Crippen molar-refractivity contribution in [2.45, 2.75) is 19.9 Å². The molecule has 1 aromatic rings. The van der Waals surface area contributed by atoms with Gasteiger partial charge in [0.1, 0.15) is 5.82 Å². The number of hydrogen-bond donors (Lipinski definition) is 1. The smallest absolute Gasteiger partial charge is 0.161 e. The molecule has 0 fully saturated rings. The number of carbonyl (C=O) groups is 1. The van der Waals surface area contributed by atoms with Crippen molar-refractivity contribution in [3.63, 3.8) is 0 Å². The molecule has 1 atom stereocenters. The lowest BCUT2D eigenvalue weighted by atomic mass is 10.2. The molecule has 0 radical (unpaired) electrons. The number of likely N-dealkylation sites (N-methyl/N-ethyl adjacent to an activating group) is 1. The highest BCUT2D eigenvalue weighted by Gasteiger charge is 2.10. The monoisotopic (exact) mass is 208 g/mol. The molecule has 1 aromatic heterocycles. The van der Waals surface area contributed by atoms with Gasteiger partial charge in [0.2, 0.25) is 0 Å². The number of pyridine rings is 1. The van der Waals surface area contributed by atoms with Crippen molar-refractivity contribution in [1.29, 1.82) is 0 Å². The molecule has 0 aliphatic heterocycles. The van der Waals surface area contributed by atoms with Crippen LogP contribution in [0.1, 0.15) is 24.2 Å². The first-order chi connectivity index (χ1) is 7.06. The van der Waals surface area contributed by atoms with Gasteiger partial charge in [0.25, 0.3) is 0 Å². The largest absolute Gasteiger partial charge is 0.394 e. The minimum Gasteiger partial charge on any atom is -0.394 e. The van der Waals surface area contributed by atoms with Crippen LogP contribution in [0, 0.1) is 0 Å². The molecule has 0 aliphatic carbocycles. The Bertz CT molecular complexity index is 335. The number of aliphatic hydroxyl groups is 1. The lowest BCUT2D eigenvalue weighted by molar-refractivity contribution is 0.101. The summed E-state index contributed by atoms with van der Waals surface area (Å²) in [6.07, 6.45) is 1.55. The van der Waals surface area contributed by atoms with Gasteiger partial charge in [-0.3, -0.25) is 4.79 Å². The van der Waals surface area contributed by atoms with Gasteiger partial charge in [-0.05, 0) is 26.0 Å². The minimum absolute atomic E-state index is 0.00640. The van der Waals surface area contributed by atoms with Crippen LogP contribution in [0.2, 0.25) is 0 Å². The molecule has 0 bridgehead atoms. The van der Waals surface area contributed by atoms with E-state index in [0.717, 1.165) is 5.82 Å². The number of Topliss-reactive ketones (excluding diaryl/α,β-unsaturated/α-hetero) is 1. The van der Waals surface area contributed by atoms with Crippen LogP contribution < -0.4 is 4.90 Å². The standard InChI is InChI=1S/C11H16N2O2/c1-8(7-14)13(3)11-5-4-10(6-12-11)9(2)15/h4-6,8,14H,7H2,1-3H3. The zero-order valence-electron chi connectivity index (χ0n) is 9.27. The van der Waals surface area contributed by atoms with Crippen LogP contribution in [0.15, 0.2) is 18.3 Å². The van der Waals surface area contributed by atoms with E-state index in [4.69, 9.17) is 5.11 Å². The Labute approximate surface area is 89.6 Å².